The number of benzene rings is 2. The Balaban J connectivity index is 2.00. The fourth-order valence-electron chi connectivity index (χ4n) is 2.18. The molecule has 144 valence electrons. The molecular weight excluding hydrogens is 387 g/mol. The van der Waals surface area contributed by atoms with E-state index in [1.54, 1.807) is 12.1 Å². The van der Waals surface area contributed by atoms with Crippen LogP contribution in [-0.2, 0) is 27.1 Å². The average molecular weight is 402 g/mol. The van der Waals surface area contributed by atoms with Crippen LogP contribution >= 0.6 is 11.6 Å². The van der Waals surface area contributed by atoms with Crippen LogP contribution in [0.3, 0.4) is 0 Å². The third-order valence-electron chi connectivity index (χ3n) is 3.42. The number of halogens is 4. The Morgan fingerprint density at radius 3 is 2.37 bits per heavy atom. The van der Waals surface area contributed by atoms with E-state index in [1.165, 1.54) is 25.3 Å². The highest BCUT2D eigenvalue weighted by Gasteiger charge is 2.34. The van der Waals surface area contributed by atoms with E-state index < -0.39 is 35.9 Å². The van der Waals surface area contributed by atoms with E-state index in [2.05, 4.69) is 0 Å². The van der Waals surface area contributed by atoms with E-state index in [0.29, 0.717) is 6.61 Å². The Hall–Kier alpha value is -2.58. The third-order valence-corrected chi connectivity index (χ3v) is 3.73. The van der Waals surface area contributed by atoms with E-state index in [-0.39, 0.29) is 10.6 Å². The number of rotatable bonds is 6. The molecule has 0 aliphatic carbocycles. The van der Waals surface area contributed by atoms with Crippen LogP contribution in [0.2, 0.25) is 5.02 Å². The number of anilines is 1. The van der Waals surface area contributed by atoms with Gasteiger partial charge in [0.15, 0.2) is 6.61 Å². The van der Waals surface area contributed by atoms with Crippen LogP contribution in [0.1, 0.15) is 21.5 Å². The van der Waals surface area contributed by atoms with Gasteiger partial charge in [0.1, 0.15) is 0 Å². The van der Waals surface area contributed by atoms with Crippen molar-refractivity contribution in [2.45, 2.75) is 12.8 Å². The molecule has 0 atom stereocenters. The van der Waals surface area contributed by atoms with Crippen molar-refractivity contribution >= 4 is 29.2 Å². The lowest BCUT2D eigenvalue weighted by Gasteiger charge is -2.15. The first-order valence-electron chi connectivity index (χ1n) is 7.63. The van der Waals surface area contributed by atoms with Gasteiger partial charge in [-0.15, -0.1) is 0 Å². The van der Waals surface area contributed by atoms with E-state index in [4.69, 9.17) is 21.1 Å². The summed E-state index contributed by atoms with van der Waals surface area (Å²) in [4.78, 5) is 23.8. The van der Waals surface area contributed by atoms with Crippen molar-refractivity contribution in [2.24, 2.45) is 0 Å². The fourth-order valence-corrected chi connectivity index (χ4v) is 2.40. The van der Waals surface area contributed by atoms with Gasteiger partial charge in [0.05, 0.1) is 28.4 Å². The van der Waals surface area contributed by atoms with Gasteiger partial charge in [-0.3, -0.25) is 4.79 Å². The van der Waals surface area contributed by atoms with Crippen LogP contribution in [0.25, 0.3) is 0 Å². The van der Waals surface area contributed by atoms with E-state index in [0.717, 1.165) is 17.7 Å². The summed E-state index contributed by atoms with van der Waals surface area (Å²) in [7, 11) is 1.53. The van der Waals surface area contributed by atoms with Crippen molar-refractivity contribution in [3.8, 4) is 0 Å². The van der Waals surface area contributed by atoms with E-state index in [9.17, 15) is 22.8 Å². The zero-order valence-electron chi connectivity index (χ0n) is 14.1. The number of esters is 1. The maximum Gasteiger partial charge on any atom is 0.418 e. The molecule has 0 aliphatic heterocycles. The van der Waals surface area contributed by atoms with Crippen LogP contribution in [0.5, 0.6) is 0 Å². The quantitative estimate of drug-likeness (QED) is 0.733. The molecule has 2 aromatic rings. The zero-order chi connectivity index (χ0) is 20.0. The number of alkyl halides is 3. The molecule has 0 saturated carbocycles. The molecule has 1 amide bonds. The summed E-state index contributed by atoms with van der Waals surface area (Å²) in [5.41, 5.74) is -0.651. The van der Waals surface area contributed by atoms with Crippen molar-refractivity contribution in [2.75, 3.05) is 19.0 Å². The largest absolute Gasteiger partial charge is 0.452 e. The number of para-hydroxylation sites is 1. The standard InChI is InChI=1S/C18H15ClF3NO4/c1-26-9-11-5-7-12(8-6-11)17(25)27-10-15(24)23-16-13(18(20,21)22)3-2-4-14(16)19/h2-8H,9-10H2,1H3,(H,23,24). The molecule has 0 spiro atoms. The van der Waals surface area contributed by atoms with Crippen molar-refractivity contribution in [3.63, 3.8) is 0 Å². The first-order chi connectivity index (χ1) is 12.7. The number of hydrogen-bond acceptors (Lipinski definition) is 4. The number of ether oxygens (including phenoxy) is 2. The lowest BCUT2D eigenvalue weighted by molar-refractivity contribution is -0.137. The molecule has 0 aliphatic rings. The Bertz CT molecular complexity index is 822. The first kappa shape index (κ1) is 20.7. The second-order valence-corrected chi connectivity index (χ2v) is 5.82. The smallest absolute Gasteiger partial charge is 0.418 e. The number of nitrogens with one attached hydrogen (secondary N) is 1. The number of carbonyl (C=O) groups is 2. The minimum absolute atomic E-state index is 0.191. The summed E-state index contributed by atoms with van der Waals surface area (Å²) in [5, 5.41) is 1.75. The molecule has 0 aromatic heterocycles. The second kappa shape index (κ2) is 8.88. The molecule has 0 fully saturated rings. The lowest BCUT2D eigenvalue weighted by atomic mass is 10.1. The minimum atomic E-state index is -4.70. The normalized spacial score (nSPS) is 11.1. The van der Waals surface area contributed by atoms with Gasteiger partial charge in [-0.2, -0.15) is 13.2 Å². The summed E-state index contributed by atoms with van der Waals surface area (Å²) >= 11 is 5.75. The molecule has 5 nitrogen and oxygen atoms in total. The molecule has 0 bridgehead atoms. The van der Waals surface area contributed by atoms with Crippen LogP contribution < -0.4 is 5.32 Å². The van der Waals surface area contributed by atoms with Crippen molar-refractivity contribution in [1.29, 1.82) is 0 Å². The number of amides is 1. The Kier molecular flexibility index (Phi) is 6.81. The summed E-state index contributed by atoms with van der Waals surface area (Å²) in [5.74, 6) is -1.73. The Morgan fingerprint density at radius 2 is 1.78 bits per heavy atom. The van der Waals surface area contributed by atoms with E-state index >= 15 is 0 Å². The predicted molar refractivity (Wildman–Crippen MR) is 92.5 cm³/mol. The summed E-state index contributed by atoms with van der Waals surface area (Å²) < 4.78 is 48.8. The topological polar surface area (TPSA) is 64.6 Å². The summed E-state index contributed by atoms with van der Waals surface area (Å²) in [6, 6.07) is 9.40. The molecule has 1 N–H and O–H groups in total. The molecule has 9 heteroatoms. The fraction of sp³-hybridized carbons (Fsp3) is 0.222. The Labute approximate surface area is 158 Å². The van der Waals surface area contributed by atoms with Gasteiger partial charge in [0.25, 0.3) is 5.91 Å². The van der Waals surface area contributed by atoms with Gasteiger partial charge >= 0.3 is 12.1 Å². The van der Waals surface area contributed by atoms with Crippen LogP contribution in [-0.4, -0.2) is 25.6 Å². The minimum Gasteiger partial charge on any atom is -0.452 e. The van der Waals surface area contributed by atoms with Crippen LogP contribution in [0.15, 0.2) is 42.5 Å². The third kappa shape index (κ3) is 5.70. The molecule has 0 heterocycles. The molecule has 0 radical (unpaired) electrons. The SMILES string of the molecule is COCc1ccc(C(=O)OCC(=O)Nc2c(Cl)cccc2C(F)(F)F)cc1. The predicted octanol–water partition coefficient (Wildman–Crippen LogP) is 4.30. The highest BCUT2D eigenvalue weighted by Crippen LogP contribution is 2.38. The first-order valence-corrected chi connectivity index (χ1v) is 8.00. The van der Waals surface area contributed by atoms with Gasteiger partial charge < -0.3 is 14.8 Å². The summed E-state index contributed by atoms with van der Waals surface area (Å²) in [6.45, 7) is -0.391. The molecule has 0 unspecified atom stereocenters. The number of hydrogen-bond donors (Lipinski definition) is 1. The van der Waals surface area contributed by atoms with Gasteiger partial charge in [0, 0.05) is 7.11 Å². The van der Waals surface area contributed by atoms with Gasteiger partial charge in [-0.25, -0.2) is 4.79 Å². The Morgan fingerprint density at radius 1 is 1.11 bits per heavy atom. The van der Waals surface area contributed by atoms with Crippen molar-refractivity contribution in [3.05, 3.63) is 64.2 Å². The highest BCUT2D eigenvalue weighted by atomic mass is 35.5. The lowest BCUT2D eigenvalue weighted by Crippen LogP contribution is -2.23. The van der Waals surface area contributed by atoms with Crippen molar-refractivity contribution < 1.29 is 32.2 Å². The summed E-state index contributed by atoms with van der Waals surface area (Å²) in [6.07, 6.45) is -4.70. The maximum atomic E-state index is 13.0. The number of carbonyl (C=O) groups excluding carboxylic acids is 2. The molecule has 2 aromatic carbocycles. The van der Waals surface area contributed by atoms with Gasteiger partial charge in [0.2, 0.25) is 0 Å². The van der Waals surface area contributed by atoms with Crippen LogP contribution in [0.4, 0.5) is 18.9 Å². The van der Waals surface area contributed by atoms with Crippen LogP contribution in [0, 0.1) is 0 Å². The van der Waals surface area contributed by atoms with Gasteiger partial charge in [-0.1, -0.05) is 29.8 Å². The van der Waals surface area contributed by atoms with E-state index in [1.807, 2.05) is 5.32 Å². The maximum absolute atomic E-state index is 13.0. The molecule has 27 heavy (non-hydrogen) atoms. The second-order valence-electron chi connectivity index (χ2n) is 5.41. The molecular formula is C18H15ClF3NO4. The monoisotopic (exact) mass is 401 g/mol. The zero-order valence-corrected chi connectivity index (χ0v) is 14.9. The number of methoxy groups -OCH3 is 1. The van der Waals surface area contributed by atoms with Gasteiger partial charge in [-0.05, 0) is 29.8 Å². The average Bonchev–Trinajstić information content (AvgIpc) is 2.61. The molecule has 2 rings (SSSR count). The highest BCUT2D eigenvalue weighted by molar-refractivity contribution is 6.34. The van der Waals surface area contributed by atoms with Crippen molar-refractivity contribution in [1.82, 2.24) is 0 Å². The molecule has 0 saturated heterocycles.